The number of aromatic amines is 1. The lowest BCUT2D eigenvalue weighted by atomic mass is 10.4. The van der Waals surface area contributed by atoms with Gasteiger partial charge in [0, 0.05) is 43.9 Å². The molecule has 0 fully saturated rings. The third-order valence-corrected chi connectivity index (χ3v) is 4.06. The minimum absolute atomic E-state index is 0.253. The highest BCUT2D eigenvalue weighted by Crippen LogP contribution is 2.10. The van der Waals surface area contributed by atoms with Gasteiger partial charge in [0.25, 0.3) is 0 Å². The molecule has 0 atom stereocenters. The quantitative estimate of drug-likeness (QED) is 0.662. The molecular weight excluding hydrogens is 266 g/mol. The number of hydrogen-bond acceptors (Lipinski definition) is 4. The fourth-order valence-corrected chi connectivity index (χ4v) is 2.72. The van der Waals surface area contributed by atoms with Crippen molar-refractivity contribution in [2.45, 2.75) is 18.0 Å². The van der Waals surface area contributed by atoms with Crippen molar-refractivity contribution >= 4 is 10.0 Å². The molecule has 8 heteroatoms. The third kappa shape index (κ3) is 3.66. The van der Waals surface area contributed by atoms with Gasteiger partial charge in [-0.15, -0.1) is 0 Å². The Kier molecular flexibility index (Phi) is 4.35. The Labute approximate surface area is 112 Å². The van der Waals surface area contributed by atoms with E-state index in [1.54, 1.807) is 31.8 Å². The maximum absolute atomic E-state index is 12.0. The Morgan fingerprint density at radius 3 is 3.00 bits per heavy atom. The second-order valence-corrected chi connectivity index (χ2v) is 5.86. The van der Waals surface area contributed by atoms with Crippen LogP contribution in [0.15, 0.2) is 35.9 Å². The van der Waals surface area contributed by atoms with Crippen LogP contribution >= 0.6 is 0 Å². The fourth-order valence-electron chi connectivity index (χ4n) is 1.68. The number of sulfonamides is 1. The minimum atomic E-state index is -3.45. The topological polar surface area (TPSA) is 91.8 Å². The summed E-state index contributed by atoms with van der Waals surface area (Å²) >= 11 is 0. The van der Waals surface area contributed by atoms with Crippen molar-refractivity contribution in [2.75, 3.05) is 13.6 Å². The molecule has 0 unspecified atom stereocenters. The van der Waals surface area contributed by atoms with Crippen LogP contribution in [-0.2, 0) is 23.1 Å². The Bertz CT molecular complexity index is 603. The Morgan fingerprint density at radius 1 is 1.47 bits per heavy atom. The van der Waals surface area contributed by atoms with E-state index in [2.05, 4.69) is 20.0 Å². The number of hydrogen-bond donors (Lipinski definition) is 3. The molecule has 0 saturated carbocycles. The van der Waals surface area contributed by atoms with E-state index in [-0.39, 0.29) is 4.90 Å². The minimum Gasteiger partial charge on any atom is -0.363 e. The second kappa shape index (κ2) is 6.00. The van der Waals surface area contributed by atoms with Crippen LogP contribution in [0.2, 0.25) is 0 Å². The molecule has 0 spiro atoms. The van der Waals surface area contributed by atoms with Gasteiger partial charge in [-0.25, -0.2) is 18.1 Å². The maximum Gasteiger partial charge on any atom is 0.242 e. The summed E-state index contributed by atoms with van der Waals surface area (Å²) in [7, 11) is -1.65. The summed E-state index contributed by atoms with van der Waals surface area (Å²) in [6.45, 7) is 1.48. The molecule has 0 amide bonds. The van der Waals surface area contributed by atoms with E-state index < -0.39 is 10.0 Å². The van der Waals surface area contributed by atoms with E-state index >= 15 is 0 Å². The van der Waals surface area contributed by atoms with Crippen molar-refractivity contribution in [1.82, 2.24) is 24.6 Å². The van der Waals surface area contributed by atoms with Crippen LogP contribution in [0.25, 0.3) is 0 Å². The predicted octanol–water partition coefficient (Wildman–Crippen LogP) is -0.0909. The number of nitrogens with one attached hydrogen (secondary N) is 3. The zero-order valence-corrected chi connectivity index (χ0v) is 11.4. The first-order valence-corrected chi connectivity index (χ1v) is 7.37. The van der Waals surface area contributed by atoms with Crippen molar-refractivity contribution in [3.8, 4) is 0 Å². The zero-order chi connectivity index (χ0) is 13.7. The molecule has 2 heterocycles. The van der Waals surface area contributed by atoms with E-state index in [1.807, 2.05) is 4.57 Å². The SMILES string of the molecule is CNCc1cc(S(=O)(=O)NCCn2ccnc2)c[nH]1. The number of imidazole rings is 1. The second-order valence-electron chi connectivity index (χ2n) is 4.09. The highest BCUT2D eigenvalue weighted by Gasteiger charge is 2.15. The van der Waals surface area contributed by atoms with E-state index in [9.17, 15) is 8.42 Å². The van der Waals surface area contributed by atoms with Gasteiger partial charge in [-0.2, -0.15) is 0 Å². The molecule has 0 aliphatic heterocycles. The molecule has 19 heavy (non-hydrogen) atoms. The molecule has 0 bridgehead atoms. The van der Waals surface area contributed by atoms with Crippen molar-refractivity contribution in [3.05, 3.63) is 36.7 Å². The molecule has 2 rings (SSSR count). The number of aromatic nitrogens is 3. The lowest BCUT2D eigenvalue weighted by molar-refractivity contribution is 0.573. The van der Waals surface area contributed by atoms with Crippen LogP contribution in [-0.4, -0.2) is 36.5 Å². The predicted molar refractivity (Wildman–Crippen MR) is 71.0 cm³/mol. The van der Waals surface area contributed by atoms with Crippen LogP contribution < -0.4 is 10.0 Å². The normalized spacial score (nSPS) is 11.8. The Hall–Kier alpha value is -1.64. The van der Waals surface area contributed by atoms with E-state index in [4.69, 9.17) is 0 Å². The van der Waals surface area contributed by atoms with Gasteiger partial charge in [0.2, 0.25) is 10.0 Å². The average molecular weight is 283 g/mol. The molecule has 104 valence electrons. The summed E-state index contributed by atoms with van der Waals surface area (Å²) in [5, 5.41) is 2.95. The summed E-state index contributed by atoms with van der Waals surface area (Å²) in [5.74, 6) is 0. The van der Waals surface area contributed by atoms with Gasteiger partial charge in [-0.05, 0) is 13.1 Å². The molecule has 0 radical (unpaired) electrons. The average Bonchev–Trinajstić information content (AvgIpc) is 3.00. The van der Waals surface area contributed by atoms with E-state index in [0.717, 1.165) is 5.69 Å². The van der Waals surface area contributed by atoms with Gasteiger partial charge < -0.3 is 14.9 Å². The lowest BCUT2D eigenvalue weighted by Gasteiger charge is -2.05. The van der Waals surface area contributed by atoms with Gasteiger partial charge in [0.15, 0.2) is 0 Å². The standard InChI is InChI=1S/C11H17N5O2S/c1-12-7-10-6-11(8-14-10)19(17,18)15-3-5-16-4-2-13-9-16/h2,4,6,8-9,12,14-15H,3,5,7H2,1H3. The highest BCUT2D eigenvalue weighted by atomic mass is 32.2. The Balaban J connectivity index is 1.93. The van der Waals surface area contributed by atoms with Crippen molar-refractivity contribution < 1.29 is 8.42 Å². The molecule has 0 saturated heterocycles. The molecule has 0 aliphatic rings. The zero-order valence-electron chi connectivity index (χ0n) is 10.6. The largest absolute Gasteiger partial charge is 0.363 e. The fraction of sp³-hybridized carbons (Fsp3) is 0.364. The molecule has 7 nitrogen and oxygen atoms in total. The highest BCUT2D eigenvalue weighted by molar-refractivity contribution is 7.89. The monoisotopic (exact) mass is 283 g/mol. The summed E-state index contributed by atoms with van der Waals surface area (Å²) in [5.41, 5.74) is 0.831. The molecule has 3 N–H and O–H groups in total. The molecular formula is C11H17N5O2S. The van der Waals surface area contributed by atoms with Crippen molar-refractivity contribution in [1.29, 1.82) is 0 Å². The van der Waals surface area contributed by atoms with Crippen LogP contribution in [0.3, 0.4) is 0 Å². The third-order valence-electron chi connectivity index (χ3n) is 2.62. The molecule has 0 aromatic carbocycles. The summed E-state index contributed by atoms with van der Waals surface area (Å²) in [6, 6.07) is 1.62. The van der Waals surface area contributed by atoms with Crippen LogP contribution in [0.4, 0.5) is 0 Å². The number of H-pyrrole nitrogens is 1. The van der Waals surface area contributed by atoms with Gasteiger partial charge in [-0.3, -0.25) is 0 Å². The van der Waals surface area contributed by atoms with Gasteiger partial charge in [0.05, 0.1) is 11.2 Å². The first-order chi connectivity index (χ1) is 9.12. The smallest absolute Gasteiger partial charge is 0.242 e. The molecule has 2 aromatic heterocycles. The molecule has 2 aromatic rings. The maximum atomic E-state index is 12.0. The van der Waals surface area contributed by atoms with Crippen molar-refractivity contribution in [2.24, 2.45) is 0 Å². The number of rotatable bonds is 7. The van der Waals surface area contributed by atoms with E-state index in [0.29, 0.717) is 19.6 Å². The van der Waals surface area contributed by atoms with Crippen LogP contribution in [0.5, 0.6) is 0 Å². The lowest BCUT2D eigenvalue weighted by Crippen LogP contribution is -2.26. The summed E-state index contributed by atoms with van der Waals surface area (Å²) in [4.78, 5) is 7.07. The first kappa shape index (κ1) is 13.8. The number of nitrogens with zero attached hydrogens (tertiary/aromatic N) is 2. The van der Waals surface area contributed by atoms with Gasteiger partial charge in [0.1, 0.15) is 0 Å². The summed E-state index contributed by atoms with van der Waals surface area (Å²) in [6.07, 6.45) is 6.59. The Morgan fingerprint density at radius 2 is 2.32 bits per heavy atom. The first-order valence-electron chi connectivity index (χ1n) is 5.89. The van der Waals surface area contributed by atoms with E-state index in [1.165, 1.54) is 6.20 Å². The van der Waals surface area contributed by atoms with Gasteiger partial charge in [-0.1, -0.05) is 0 Å². The van der Waals surface area contributed by atoms with Crippen molar-refractivity contribution in [3.63, 3.8) is 0 Å². The van der Waals surface area contributed by atoms with Gasteiger partial charge >= 0.3 is 0 Å². The molecule has 0 aliphatic carbocycles. The van der Waals surface area contributed by atoms with Crippen LogP contribution in [0, 0.1) is 0 Å². The summed E-state index contributed by atoms with van der Waals surface area (Å²) < 4.78 is 28.4. The van der Waals surface area contributed by atoms with Crippen LogP contribution in [0.1, 0.15) is 5.69 Å².